The summed E-state index contributed by atoms with van der Waals surface area (Å²) in [6.45, 7) is -2.61. The lowest BCUT2D eigenvalue weighted by atomic mass is 9.96. The van der Waals surface area contributed by atoms with Crippen molar-refractivity contribution < 1.29 is 104 Å². The lowest BCUT2D eigenvalue weighted by Gasteiger charge is -2.47. The number of hydrogen-bond donors (Lipinski definition) is 12. The average Bonchev–Trinajstić information content (AvgIpc) is 3.05. The van der Waals surface area contributed by atoms with Gasteiger partial charge in [0.2, 0.25) is 0 Å². The highest BCUT2D eigenvalue weighted by molar-refractivity contribution is 4.96. The Morgan fingerprint density at radius 2 is 0.830 bits per heavy atom. The zero-order valence-electron chi connectivity index (χ0n) is 25.4. The molecule has 4 aliphatic heterocycles. The standard InChI is InChI=1S/C26H46O21/c1-39-20-12(30)7(3-27)44-24(17(20)35)42-6-10-14(32)21(40-2)18(36)26(46-10)47-22-13(31)8(4-28)45-25(19(22)37)41-5-9-11(29)15(33)16(34)23(38)43-9/h7-38H,3-6H2,1-2H3/t7?,8?,9?,10?,11-,12-,13?,14-,15?,16+,17+,18?,19?,20+,21+,22+,23+,24?,25+,26-/m1/s1. The van der Waals surface area contributed by atoms with E-state index in [1.807, 2.05) is 0 Å². The molecule has 0 bridgehead atoms. The maximum Gasteiger partial charge on any atom is 0.187 e. The summed E-state index contributed by atoms with van der Waals surface area (Å²) in [5, 5.41) is 123. The third kappa shape index (κ3) is 8.22. The van der Waals surface area contributed by atoms with Crippen LogP contribution in [-0.4, -0.2) is 225 Å². The molecule has 0 aromatic rings. The summed E-state index contributed by atoms with van der Waals surface area (Å²) < 4.78 is 48.7. The Hall–Kier alpha value is -0.840. The van der Waals surface area contributed by atoms with E-state index in [9.17, 15) is 61.3 Å². The Morgan fingerprint density at radius 3 is 1.32 bits per heavy atom. The van der Waals surface area contributed by atoms with Crippen molar-refractivity contribution in [3.8, 4) is 0 Å². The van der Waals surface area contributed by atoms with Crippen LogP contribution in [0.1, 0.15) is 0 Å². The minimum atomic E-state index is -1.87. The molecule has 4 aliphatic rings. The van der Waals surface area contributed by atoms with Gasteiger partial charge in [0.15, 0.2) is 25.2 Å². The van der Waals surface area contributed by atoms with Crippen molar-refractivity contribution >= 4 is 0 Å². The minimum absolute atomic E-state index is 0.542. The summed E-state index contributed by atoms with van der Waals surface area (Å²) in [5.41, 5.74) is 0. The normalized spacial score (nSPS) is 51.2. The first-order chi connectivity index (χ1) is 22.3. The van der Waals surface area contributed by atoms with Gasteiger partial charge in [-0.15, -0.1) is 0 Å². The zero-order chi connectivity index (χ0) is 34.7. The molecule has 4 rings (SSSR count). The predicted octanol–water partition coefficient (Wildman–Crippen LogP) is -8.44. The topological polar surface area (TPSA) is 326 Å². The van der Waals surface area contributed by atoms with E-state index in [0.29, 0.717) is 0 Å². The van der Waals surface area contributed by atoms with Crippen LogP contribution in [0.25, 0.3) is 0 Å². The van der Waals surface area contributed by atoms with E-state index in [0.717, 1.165) is 0 Å². The van der Waals surface area contributed by atoms with Crippen LogP contribution in [0.4, 0.5) is 0 Å². The fourth-order valence-corrected chi connectivity index (χ4v) is 5.85. The second kappa shape index (κ2) is 16.9. The molecule has 12 N–H and O–H groups in total. The summed E-state index contributed by atoms with van der Waals surface area (Å²) in [6, 6.07) is 0. The zero-order valence-corrected chi connectivity index (χ0v) is 25.4. The summed E-state index contributed by atoms with van der Waals surface area (Å²) in [5.74, 6) is 0. The molecule has 0 aliphatic carbocycles. The predicted molar refractivity (Wildman–Crippen MR) is 143 cm³/mol. The molecule has 20 atom stereocenters. The molecule has 4 fully saturated rings. The highest BCUT2D eigenvalue weighted by Crippen LogP contribution is 2.32. The highest BCUT2D eigenvalue weighted by atomic mass is 16.8. The maximum absolute atomic E-state index is 11.0. The van der Waals surface area contributed by atoms with Crippen molar-refractivity contribution in [2.75, 3.05) is 40.6 Å². The summed E-state index contributed by atoms with van der Waals surface area (Å²) in [4.78, 5) is 0. The van der Waals surface area contributed by atoms with Crippen LogP contribution in [0.2, 0.25) is 0 Å². The van der Waals surface area contributed by atoms with Gasteiger partial charge in [-0.1, -0.05) is 0 Å². The van der Waals surface area contributed by atoms with Crippen molar-refractivity contribution in [1.29, 1.82) is 0 Å². The third-order valence-corrected chi connectivity index (χ3v) is 8.66. The van der Waals surface area contributed by atoms with Gasteiger partial charge in [-0.2, -0.15) is 0 Å². The van der Waals surface area contributed by atoms with Crippen LogP contribution in [0.5, 0.6) is 0 Å². The number of methoxy groups -OCH3 is 2. The first-order valence-corrected chi connectivity index (χ1v) is 14.9. The Kier molecular flexibility index (Phi) is 14.0. The Balaban J connectivity index is 1.44. The van der Waals surface area contributed by atoms with E-state index in [1.165, 1.54) is 14.2 Å². The van der Waals surface area contributed by atoms with E-state index in [1.54, 1.807) is 0 Å². The van der Waals surface area contributed by atoms with Gasteiger partial charge < -0.3 is 104 Å². The minimum Gasteiger partial charge on any atom is -0.394 e. The lowest BCUT2D eigenvalue weighted by Crippen LogP contribution is -2.65. The van der Waals surface area contributed by atoms with Gasteiger partial charge in [0, 0.05) is 14.2 Å². The van der Waals surface area contributed by atoms with Crippen molar-refractivity contribution in [1.82, 2.24) is 0 Å². The van der Waals surface area contributed by atoms with Crippen molar-refractivity contribution in [2.45, 2.75) is 123 Å². The van der Waals surface area contributed by atoms with E-state index < -0.39 is 149 Å². The monoisotopic (exact) mass is 694 g/mol. The Morgan fingerprint density at radius 1 is 0.426 bits per heavy atom. The second-order valence-corrected chi connectivity index (χ2v) is 11.6. The molecular weight excluding hydrogens is 648 g/mol. The summed E-state index contributed by atoms with van der Waals surface area (Å²) >= 11 is 0. The van der Waals surface area contributed by atoms with E-state index in [-0.39, 0.29) is 0 Å². The van der Waals surface area contributed by atoms with Gasteiger partial charge in [-0.25, -0.2) is 0 Å². The molecule has 9 unspecified atom stereocenters. The third-order valence-electron chi connectivity index (χ3n) is 8.66. The maximum atomic E-state index is 11.0. The van der Waals surface area contributed by atoms with Crippen LogP contribution in [0.15, 0.2) is 0 Å². The summed E-state index contributed by atoms with van der Waals surface area (Å²) in [7, 11) is 2.39. The number of hydrogen-bond acceptors (Lipinski definition) is 21. The highest BCUT2D eigenvalue weighted by Gasteiger charge is 2.53. The largest absolute Gasteiger partial charge is 0.394 e. The first kappa shape index (κ1) is 39.0. The number of ether oxygens (including phenoxy) is 9. The molecule has 0 amide bonds. The molecule has 21 nitrogen and oxygen atoms in total. The molecule has 0 aromatic heterocycles. The van der Waals surface area contributed by atoms with Gasteiger partial charge in [0.1, 0.15) is 97.7 Å². The first-order valence-electron chi connectivity index (χ1n) is 14.9. The van der Waals surface area contributed by atoms with Crippen LogP contribution in [0.3, 0.4) is 0 Å². The molecular formula is C26H46O21. The average molecular weight is 695 g/mol. The van der Waals surface area contributed by atoms with Crippen molar-refractivity contribution in [3.05, 3.63) is 0 Å². The smallest absolute Gasteiger partial charge is 0.187 e. The fraction of sp³-hybridized carbons (Fsp3) is 1.00. The molecule has 0 aromatic carbocycles. The second-order valence-electron chi connectivity index (χ2n) is 11.6. The molecule has 4 saturated heterocycles. The molecule has 276 valence electrons. The van der Waals surface area contributed by atoms with Crippen LogP contribution in [-0.2, 0) is 42.6 Å². The Bertz CT molecular complexity index is 950. The quantitative estimate of drug-likeness (QED) is 0.0902. The summed E-state index contributed by atoms with van der Waals surface area (Å²) in [6.07, 6.45) is -31.6. The lowest BCUT2D eigenvalue weighted by molar-refractivity contribution is -0.370. The Labute approximate surface area is 267 Å². The fourth-order valence-electron chi connectivity index (χ4n) is 5.85. The van der Waals surface area contributed by atoms with Gasteiger partial charge in [0.05, 0.1) is 26.4 Å². The molecule has 0 saturated carbocycles. The molecule has 0 radical (unpaired) electrons. The van der Waals surface area contributed by atoms with Crippen LogP contribution >= 0.6 is 0 Å². The van der Waals surface area contributed by atoms with Crippen molar-refractivity contribution in [2.24, 2.45) is 0 Å². The van der Waals surface area contributed by atoms with Crippen LogP contribution < -0.4 is 0 Å². The SMILES string of the molecule is CO[C@H]1[C@H](O)C(CO)OC(OCC2O[C@H](O[C@H]3C(O)C(CO)O[C@H](OCC4O[C@H](O)[C@@H](O)C(O)[C@@H]4O)C3O)C(O)[C@@H](OC)[C@@H]2O)[C@H]1O. The van der Waals surface area contributed by atoms with E-state index >= 15 is 0 Å². The van der Waals surface area contributed by atoms with E-state index in [4.69, 9.17) is 42.6 Å². The van der Waals surface area contributed by atoms with Gasteiger partial charge in [0.25, 0.3) is 0 Å². The van der Waals surface area contributed by atoms with Crippen molar-refractivity contribution in [3.63, 3.8) is 0 Å². The molecule has 0 spiro atoms. The molecule has 21 heteroatoms. The van der Waals surface area contributed by atoms with Crippen LogP contribution in [0, 0.1) is 0 Å². The molecule has 4 heterocycles. The van der Waals surface area contributed by atoms with Gasteiger partial charge in [-0.3, -0.25) is 0 Å². The van der Waals surface area contributed by atoms with Gasteiger partial charge >= 0.3 is 0 Å². The van der Waals surface area contributed by atoms with E-state index in [2.05, 4.69) is 0 Å². The number of rotatable bonds is 12. The van der Waals surface area contributed by atoms with Gasteiger partial charge in [-0.05, 0) is 0 Å². The number of aliphatic hydroxyl groups excluding tert-OH is 12. The number of aliphatic hydroxyl groups is 12. The molecule has 47 heavy (non-hydrogen) atoms.